The van der Waals surface area contributed by atoms with E-state index in [0.29, 0.717) is 24.4 Å². The summed E-state index contributed by atoms with van der Waals surface area (Å²) in [6, 6.07) is 15.2. The zero-order chi connectivity index (χ0) is 18.9. The second-order valence-electron chi connectivity index (χ2n) is 6.21. The molecule has 0 fully saturated rings. The molecule has 0 saturated heterocycles. The summed E-state index contributed by atoms with van der Waals surface area (Å²) in [5.74, 6) is 0.00738. The van der Waals surface area contributed by atoms with Gasteiger partial charge in [0.25, 0.3) is 0 Å². The molecule has 2 rings (SSSR count). The average molecular weight is 374 g/mol. The van der Waals surface area contributed by atoms with Gasteiger partial charge in [0.2, 0.25) is 11.8 Å². The average Bonchev–Trinajstić information content (AvgIpc) is 2.64. The topological polar surface area (TPSA) is 61.4 Å². The van der Waals surface area contributed by atoms with Crippen molar-refractivity contribution < 1.29 is 9.59 Å². The molecule has 6 heteroatoms. The van der Waals surface area contributed by atoms with Gasteiger partial charge in [0, 0.05) is 37.8 Å². The Morgan fingerprint density at radius 2 is 1.73 bits per heavy atom. The van der Waals surface area contributed by atoms with Gasteiger partial charge in [-0.05, 0) is 35.7 Å². The zero-order valence-electron chi connectivity index (χ0n) is 15.1. The first-order chi connectivity index (χ1) is 12.5. The van der Waals surface area contributed by atoms with Gasteiger partial charge in [0.05, 0.1) is 6.54 Å². The van der Waals surface area contributed by atoms with Gasteiger partial charge in [-0.25, -0.2) is 0 Å². The lowest BCUT2D eigenvalue weighted by atomic mass is 10.1. The van der Waals surface area contributed by atoms with Gasteiger partial charge < -0.3 is 15.5 Å². The monoisotopic (exact) mass is 373 g/mol. The Balaban J connectivity index is 1.74. The molecule has 2 N–H and O–H groups in total. The number of carbonyl (C=O) groups is 2. The van der Waals surface area contributed by atoms with Crippen LogP contribution in [0.25, 0.3) is 0 Å². The van der Waals surface area contributed by atoms with Crippen molar-refractivity contribution in [3.63, 3.8) is 0 Å². The zero-order valence-corrected chi connectivity index (χ0v) is 15.8. The lowest BCUT2D eigenvalue weighted by molar-refractivity contribution is -0.128. The Morgan fingerprint density at radius 3 is 2.38 bits per heavy atom. The first kappa shape index (κ1) is 19.8. The highest BCUT2D eigenvalue weighted by atomic mass is 35.5. The quantitative estimate of drug-likeness (QED) is 0.747. The Labute approximate surface area is 159 Å². The molecule has 2 aromatic carbocycles. The minimum Gasteiger partial charge on any atom is -0.376 e. The van der Waals surface area contributed by atoms with Gasteiger partial charge >= 0.3 is 0 Å². The van der Waals surface area contributed by atoms with Crippen LogP contribution in [0.2, 0.25) is 5.02 Å². The third-order valence-electron chi connectivity index (χ3n) is 3.97. The van der Waals surface area contributed by atoms with E-state index in [4.69, 9.17) is 11.6 Å². The molecule has 5 nitrogen and oxygen atoms in total. The molecule has 0 radical (unpaired) electrons. The summed E-state index contributed by atoms with van der Waals surface area (Å²) in [4.78, 5) is 25.2. The molecule has 0 spiro atoms. The summed E-state index contributed by atoms with van der Waals surface area (Å²) in [6.07, 6.45) is 1.19. The summed E-state index contributed by atoms with van der Waals surface area (Å²) >= 11 is 6.07. The Kier molecular flexibility index (Phi) is 7.48. The van der Waals surface area contributed by atoms with E-state index < -0.39 is 0 Å². The number of nitrogens with zero attached hydrogens (tertiary/aromatic N) is 1. The molecule has 2 amide bonds. The summed E-state index contributed by atoms with van der Waals surface area (Å²) < 4.78 is 0. The predicted octanol–water partition coefficient (Wildman–Crippen LogP) is 3.09. The number of carbonyl (C=O) groups excluding carboxylic acids is 2. The predicted molar refractivity (Wildman–Crippen MR) is 105 cm³/mol. The van der Waals surface area contributed by atoms with Crippen molar-refractivity contribution >= 4 is 29.1 Å². The standard InChI is InChI=1S/C20H24ClN3O2/c1-24(2)20(26)12-9-15-7-10-17(11-8-15)22-14-19(25)23-13-16-5-3-4-6-18(16)21/h3-8,10-11,22H,9,12-14H2,1-2H3,(H,23,25). The highest BCUT2D eigenvalue weighted by molar-refractivity contribution is 6.31. The Hall–Kier alpha value is -2.53. The first-order valence-corrected chi connectivity index (χ1v) is 8.86. The van der Waals surface area contributed by atoms with Crippen molar-refractivity contribution in [1.29, 1.82) is 0 Å². The number of amides is 2. The van der Waals surface area contributed by atoms with E-state index >= 15 is 0 Å². The normalized spacial score (nSPS) is 10.3. The van der Waals surface area contributed by atoms with Crippen molar-refractivity contribution in [2.24, 2.45) is 0 Å². The molecule has 0 heterocycles. The summed E-state index contributed by atoms with van der Waals surface area (Å²) in [6.45, 7) is 0.585. The van der Waals surface area contributed by atoms with Crippen LogP contribution in [0.3, 0.4) is 0 Å². The molecule has 0 saturated carbocycles. The molecular weight excluding hydrogens is 350 g/mol. The molecule has 0 aliphatic carbocycles. The maximum absolute atomic E-state index is 12.0. The molecular formula is C20H24ClN3O2. The summed E-state index contributed by atoms with van der Waals surface area (Å²) in [5, 5.41) is 6.56. The number of benzene rings is 2. The molecule has 0 aliphatic heterocycles. The number of aryl methyl sites for hydroxylation is 1. The second kappa shape index (κ2) is 9.82. The fourth-order valence-electron chi connectivity index (χ4n) is 2.34. The summed E-state index contributed by atoms with van der Waals surface area (Å²) in [7, 11) is 3.51. The van der Waals surface area contributed by atoms with Crippen molar-refractivity contribution in [3.8, 4) is 0 Å². The van der Waals surface area contributed by atoms with E-state index in [9.17, 15) is 9.59 Å². The van der Waals surface area contributed by atoms with Crippen LogP contribution in [0.5, 0.6) is 0 Å². The second-order valence-corrected chi connectivity index (χ2v) is 6.61. The number of nitrogens with one attached hydrogen (secondary N) is 2. The van der Waals surface area contributed by atoms with Gasteiger partial charge in [-0.1, -0.05) is 41.9 Å². The van der Waals surface area contributed by atoms with Crippen molar-refractivity contribution in [2.45, 2.75) is 19.4 Å². The number of rotatable bonds is 8. The first-order valence-electron chi connectivity index (χ1n) is 8.49. The molecule has 0 unspecified atom stereocenters. The van der Waals surface area contributed by atoms with E-state index in [-0.39, 0.29) is 18.4 Å². The lowest BCUT2D eigenvalue weighted by Crippen LogP contribution is -2.29. The fourth-order valence-corrected chi connectivity index (χ4v) is 2.55. The van der Waals surface area contributed by atoms with Crippen LogP contribution < -0.4 is 10.6 Å². The SMILES string of the molecule is CN(C)C(=O)CCc1ccc(NCC(=O)NCc2ccccc2Cl)cc1. The number of halogens is 1. The van der Waals surface area contributed by atoms with E-state index in [1.54, 1.807) is 25.1 Å². The van der Waals surface area contributed by atoms with E-state index in [1.165, 1.54) is 0 Å². The molecule has 26 heavy (non-hydrogen) atoms. The van der Waals surface area contributed by atoms with Crippen molar-refractivity contribution in [3.05, 3.63) is 64.7 Å². The molecule has 0 aliphatic rings. The van der Waals surface area contributed by atoms with E-state index in [1.807, 2.05) is 42.5 Å². The molecule has 0 bridgehead atoms. The Morgan fingerprint density at radius 1 is 1.04 bits per heavy atom. The smallest absolute Gasteiger partial charge is 0.239 e. The van der Waals surface area contributed by atoms with Crippen LogP contribution in [0.1, 0.15) is 17.5 Å². The van der Waals surface area contributed by atoms with Gasteiger partial charge in [-0.15, -0.1) is 0 Å². The molecule has 138 valence electrons. The third kappa shape index (κ3) is 6.41. The van der Waals surface area contributed by atoms with Crippen molar-refractivity contribution in [2.75, 3.05) is 26.0 Å². The Bertz CT molecular complexity index is 745. The van der Waals surface area contributed by atoms with Gasteiger partial charge in [-0.2, -0.15) is 0 Å². The highest BCUT2D eigenvalue weighted by Gasteiger charge is 2.06. The third-order valence-corrected chi connectivity index (χ3v) is 4.34. The molecule has 2 aromatic rings. The van der Waals surface area contributed by atoms with Crippen LogP contribution in [0.4, 0.5) is 5.69 Å². The number of hydrogen-bond acceptors (Lipinski definition) is 3. The van der Waals surface area contributed by atoms with Gasteiger partial charge in [0.15, 0.2) is 0 Å². The molecule has 0 atom stereocenters. The highest BCUT2D eigenvalue weighted by Crippen LogP contribution is 2.14. The van der Waals surface area contributed by atoms with E-state index in [0.717, 1.165) is 16.8 Å². The largest absolute Gasteiger partial charge is 0.376 e. The minimum atomic E-state index is -0.106. The fraction of sp³-hybridized carbons (Fsp3) is 0.300. The number of anilines is 1. The minimum absolute atomic E-state index is 0.106. The van der Waals surface area contributed by atoms with Crippen LogP contribution in [0.15, 0.2) is 48.5 Å². The number of hydrogen-bond donors (Lipinski definition) is 2. The van der Waals surface area contributed by atoms with Crippen LogP contribution >= 0.6 is 11.6 Å². The summed E-state index contributed by atoms with van der Waals surface area (Å²) in [5.41, 5.74) is 2.84. The van der Waals surface area contributed by atoms with Crippen LogP contribution in [0, 0.1) is 0 Å². The van der Waals surface area contributed by atoms with Crippen LogP contribution in [-0.2, 0) is 22.6 Å². The van der Waals surface area contributed by atoms with Crippen molar-refractivity contribution in [1.82, 2.24) is 10.2 Å². The van der Waals surface area contributed by atoms with Gasteiger partial charge in [-0.3, -0.25) is 9.59 Å². The van der Waals surface area contributed by atoms with E-state index in [2.05, 4.69) is 10.6 Å². The molecule has 0 aromatic heterocycles. The lowest BCUT2D eigenvalue weighted by Gasteiger charge is -2.11. The van der Waals surface area contributed by atoms with Gasteiger partial charge in [0.1, 0.15) is 0 Å². The maximum Gasteiger partial charge on any atom is 0.239 e. The maximum atomic E-state index is 12.0. The van der Waals surface area contributed by atoms with Crippen LogP contribution in [-0.4, -0.2) is 37.4 Å².